The van der Waals surface area contributed by atoms with E-state index in [1.54, 1.807) is 21.9 Å². The van der Waals surface area contributed by atoms with Crippen molar-refractivity contribution in [1.82, 2.24) is 9.80 Å². The maximum absolute atomic E-state index is 12.9. The molecule has 0 aliphatic carbocycles. The minimum atomic E-state index is -0.552. The lowest BCUT2D eigenvalue weighted by Crippen LogP contribution is -2.58. The summed E-state index contributed by atoms with van der Waals surface area (Å²) >= 11 is 9.47. The number of hydrogen-bond donors (Lipinski definition) is 0. The van der Waals surface area contributed by atoms with Crippen molar-refractivity contribution in [2.24, 2.45) is 0 Å². The van der Waals surface area contributed by atoms with Crippen molar-refractivity contribution in [3.8, 4) is 5.75 Å². The molecular formula is C17H20BrClN2O4. The van der Waals surface area contributed by atoms with Crippen LogP contribution < -0.4 is 4.74 Å². The summed E-state index contributed by atoms with van der Waals surface area (Å²) in [6.45, 7) is 7.04. The summed E-state index contributed by atoms with van der Waals surface area (Å²) in [5.41, 5.74) is -0.107. The molecule has 25 heavy (non-hydrogen) atoms. The molecule has 2 aliphatic heterocycles. The molecule has 0 N–H and O–H groups in total. The Kier molecular flexibility index (Phi) is 4.90. The van der Waals surface area contributed by atoms with Gasteiger partial charge in [0, 0.05) is 24.1 Å². The second kappa shape index (κ2) is 6.68. The van der Waals surface area contributed by atoms with Gasteiger partial charge in [-0.3, -0.25) is 4.79 Å². The number of hydrogen-bond acceptors (Lipinski definition) is 4. The van der Waals surface area contributed by atoms with Crippen LogP contribution in [0.4, 0.5) is 4.79 Å². The average Bonchev–Trinajstić information content (AvgIpc) is 2.64. The van der Waals surface area contributed by atoms with Crippen LogP contribution in [-0.4, -0.2) is 59.7 Å². The standard InChI is InChI=1S/C17H20BrClN2O4/c1-17(2,3)25-16(23)20-4-5-21-10(8-20)9-24-14-7-12(18)13(19)6-11(14)15(21)22/h6-7,10H,4-5,8-9H2,1-3H3/t10-/m1/s1. The summed E-state index contributed by atoms with van der Waals surface area (Å²) in [5.74, 6) is 0.371. The zero-order chi connectivity index (χ0) is 18.4. The van der Waals surface area contributed by atoms with Gasteiger partial charge in [-0.2, -0.15) is 0 Å². The maximum Gasteiger partial charge on any atom is 0.410 e. The van der Waals surface area contributed by atoms with Crippen LogP contribution in [0.15, 0.2) is 16.6 Å². The van der Waals surface area contributed by atoms with Crippen molar-refractivity contribution in [1.29, 1.82) is 0 Å². The first kappa shape index (κ1) is 18.3. The fourth-order valence-corrected chi connectivity index (χ4v) is 3.40. The van der Waals surface area contributed by atoms with Gasteiger partial charge in [-0.25, -0.2) is 4.79 Å². The number of carbonyl (C=O) groups is 2. The van der Waals surface area contributed by atoms with Crippen molar-refractivity contribution in [2.45, 2.75) is 32.4 Å². The first-order valence-electron chi connectivity index (χ1n) is 8.06. The molecule has 0 unspecified atom stereocenters. The molecule has 8 heteroatoms. The van der Waals surface area contributed by atoms with Crippen LogP contribution in [0.1, 0.15) is 31.1 Å². The van der Waals surface area contributed by atoms with Gasteiger partial charge in [0.25, 0.3) is 5.91 Å². The molecule has 2 heterocycles. The van der Waals surface area contributed by atoms with Crippen molar-refractivity contribution in [3.05, 3.63) is 27.2 Å². The highest BCUT2D eigenvalue weighted by Crippen LogP contribution is 2.34. The van der Waals surface area contributed by atoms with E-state index in [0.717, 1.165) is 0 Å². The number of rotatable bonds is 0. The zero-order valence-corrected chi connectivity index (χ0v) is 16.7. The van der Waals surface area contributed by atoms with Crippen molar-refractivity contribution < 1.29 is 19.1 Å². The SMILES string of the molecule is CC(C)(C)OC(=O)N1CCN2C(=O)c3cc(Cl)c(Br)cc3OC[C@H]2C1. The molecule has 1 fully saturated rings. The molecule has 136 valence electrons. The second-order valence-electron chi connectivity index (χ2n) is 7.15. The molecule has 0 saturated carbocycles. The van der Waals surface area contributed by atoms with Gasteiger partial charge in [-0.1, -0.05) is 11.6 Å². The Morgan fingerprint density at radius 2 is 2.08 bits per heavy atom. The minimum absolute atomic E-state index is 0.129. The van der Waals surface area contributed by atoms with Gasteiger partial charge < -0.3 is 19.3 Å². The van der Waals surface area contributed by atoms with Crippen LogP contribution in [0.2, 0.25) is 5.02 Å². The van der Waals surface area contributed by atoms with Crippen LogP contribution >= 0.6 is 27.5 Å². The Morgan fingerprint density at radius 1 is 1.36 bits per heavy atom. The highest BCUT2D eigenvalue weighted by atomic mass is 79.9. The van der Waals surface area contributed by atoms with Gasteiger partial charge >= 0.3 is 6.09 Å². The third kappa shape index (κ3) is 3.87. The fourth-order valence-electron chi connectivity index (χ4n) is 2.91. The number of carbonyl (C=O) groups excluding carboxylic acids is 2. The van der Waals surface area contributed by atoms with E-state index in [0.29, 0.717) is 47.0 Å². The normalized spacial score (nSPS) is 20.4. The molecule has 1 aromatic carbocycles. The summed E-state index contributed by atoms with van der Waals surface area (Å²) in [5, 5.41) is 0.460. The number of benzene rings is 1. The zero-order valence-electron chi connectivity index (χ0n) is 14.3. The third-order valence-corrected chi connectivity index (χ3v) is 5.28. The first-order chi connectivity index (χ1) is 11.7. The predicted octanol–water partition coefficient (Wildman–Crippen LogP) is 3.56. The van der Waals surface area contributed by atoms with Crippen LogP contribution in [0.5, 0.6) is 5.75 Å². The van der Waals surface area contributed by atoms with E-state index in [-0.39, 0.29) is 18.0 Å². The molecular weight excluding hydrogens is 412 g/mol. The average molecular weight is 432 g/mol. The minimum Gasteiger partial charge on any atom is -0.490 e. The molecule has 3 rings (SSSR count). The van der Waals surface area contributed by atoms with E-state index in [2.05, 4.69) is 15.9 Å². The van der Waals surface area contributed by atoms with E-state index in [1.165, 1.54) is 0 Å². The predicted molar refractivity (Wildman–Crippen MR) is 97.3 cm³/mol. The smallest absolute Gasteiger partial charge is 0.410 e. The first-order valence-corrected chi connectivity index (χ1v) is 9.23. The molecule has 0 aromatic heterocycles. The van der Waals surface area contributed by atoms with Crippen molar-refractivity contribution in [3.63, 3.8) is 0 Å². The van der Waals surface area contributed by atoms with Crippen LogP contribution in [0.3, 0.4) is 0 Å². The van der Waals surface area contributed by atoms with E-state index in [9.17, 15) is 9.59 Å². The topological polar surface area (TPSA) is 59.1 Å². The van der Waals surface area contributed by atoms with Gasteiger partial charge in [-0.15, -0.1) is 0 Å². The number of amides is 2. The number of fused-ring (bicyclic) bond motifs is 2. The molecule has 0 radical (unpaired) electrons. The molecule has 2 amide bonds. The number of ether oxygens (including phenoxy) is 2. The van der Waals surface area contributed by atoms with E-state index >= 15 is 0 Å². The molecule has 0 spiro atoms. The van der Waals surface area contributed by atoms with Crippen LogP contribution in [0, 0.1) is 0 Å². The Morgan fingerprint density at radius 3 is 2.76 bits per heavy atom. The van der Waals surface area contributed by atoms with E-state index in [4.69, 9.17) is 21.1 Å². The van der Waals surface area contributed by atoms with Crippen molar-refractivity contribution in [2.75, 3.05) is 26.2 Å². The molecule has 2 aliphatic rings. The third-order valence-electron chi connectivity index (χ3n) is 4.08. The quantitative estimate of drug-likeness (QED) is 0.630. The second-order valence-corrected chi connectivity index (χ2v) is 8.41. The summed E-state index contributed by atoms with van der Waals surface area (Å²) in [6, 6.07) is 3.10. The fraction of sp³-hybridized carbons (Fsp3) is 0.529. The van der Waals surface area contributed by atoms with Gasteiger partial charge in [0.05, 0.1) is 16.6 Å². The van der Waals surface area contributed by atoms with Crippen LogP contribution in [-0.2, 0) is 4.74 Å². The lowest BCUT2D eigenvalue weighted by atomic mass is 10.1. The summed E-state index contributed by atoms with van der Waals surface area (Å²) < 4.78 is 11.9. The maximum atomic E-state index is 12.9. The molecule has 1 atom stereocenters. The molecule has 6 nitrogen and oxygen atoms in total. The summed E-state index contributed by atoms with van der Waals surface area (Å²) in [4.78, 5) is 28.6. The lowest BCUT2D eigenvalue weighted by molar-refractivity contribution is 0.000951. The largest absolute Gasteiger partial charge is 0.490 e. The van der Waals surface area contributed by atoms with Crippen molar-refractivity contribution >= 4 is 39.5 Å². The van der Waals surface area contributed by atoms with Gasteiger partial charge in [0.15, 0.2) is 0 Å². The summed E-state index contributed by atoms with van der Waals surface area (Å²) in [6.07, 6.45) is -0.368. The lowest BCUT2D eigenvalue weighted by Gasteiger charge is -2.40. The number of halogens is 2. The van der Waals surface area contributed by atoms with E-state index in [1.807, 2.05) is 20.8 Å². The summed E-state index contributed by atoms with van der Waals surface area (Å²) in [7, 11) is 0. The molecule has 0 bridgehead atoms. The highest BCUT2D eigenvalue weighted by molar-refractivity contribution is 9.10. The van der Waals surface area contributed by atoms with E-state index < -0.39 is 5.60 Å². The van der Waals surface area contributed by atoms with Gasteiger partial charge in [0.2, 0.25) is 0 Å². The Bertz CT molecular complexity index is 719. The van der Waals surface area contributed by atoms with Crippen LogP contribution in [0.25, 0.3) is 0 Å². The van der Waals surface area contributed by atoms with Gasteiger partial charge in [0.1, 0.15) is 18.0 Å². The number of piperazine rings is 1. The van der Waals surface area contributed by atoms with Gasteiger partial charge in [-0.05, 0) is 48.8 Å². The Labute approximate surface area is 160 Å². The molecule has 1 aromatic rings. The monoisotopic (exact) mass is 430 g/mol. The highest BCUT2D eigenvalue weighted by Gasteiger charge is 2.38. The number of nitrogens with zero attached hydrogens (tertiary/aromatic N) is 2. The molecule has 1 saturated heterocycles. The Hall–Kier alpha value is -1.47. The Balaban J connectivity index is 1.78.